The first-order chi connectivity index (χ1) is 35.3. The zero-order valence-corrected chi connectivity index (χ0v) is 50.1. The van der Waals surface area contributed by atoms with Crippen molar-refractivity contribution in [3.8, 4) is 19.5 Å². The van der Waals surface area contributed by atoms with Gasteiger partial charge in [-0.3, -0.25) is 9.59 Å². The first-order valence-corrected chi connectivity index (χ1v) is 33.0. The predicted octanol–water partition coefficient (Wildman–Crippen LogP) is 21.6. The zero-order valence-electron chi connectivity index (χ0n) is 46.9. The molecule has 4 aromatic rings. The summed E-state index contributed by atoms with van der Waals surface area (Å²) in [5.41, 5.74) is 3.12. The van der Waals surface area contributed by atoms with E-state index in [0.717, 1.165) is 46.8 Å². The summed E-state index contributed by atoms with van der Waals surface area (Å²) < 4.78 is 0. The van der Waals surface area contributed by atoms with Crippen molar-refractivity contribution < 1.29 is 9.59 Å². The fourth-order valence-corrected chi connectivity index (χ4v) is 15.4. The number of thiophene rings is 4. The van der Waals surface area contributed by atoms with Crippen LogP contribution in [-0.2, 0) is 9.59 Å². The minimum atomic E-state index is 0. The molecule has 0 spiro atoms. The second-order valence-electron chi connectivity index (χ2n) is 21.8. The first kappa shape index (κ1) is 61.0. The molecule has 6 heterocycles. The lowest BCUT2D eigenvalue weighted by Crippen LogP contribution is -2.34. The van der Waals surface area contributed by atoms with Gasteiger partial charge in [0.05, 0.1) is 32.3 Å². The molecule has 2 aliphatic rings. The van der Waals surface area contributed by atoms with E-state index >= 15 is 9.59 Å². The van der Waals surface area contributed by atoms with E-state index in [1.807, 2.05) is 22.7 Å². The van der Waals surface area contributed by atoms with Crippen LogP contribution in [0.4, 0.5) is 0 Å². The zero-order chi connectivity index (χ0) is 50.9. The van der Waals surface area contributed by atoms with Crippen LogP contribution in [0, 0.1) is 25.7 Å². The van der Waals surface area contributed by atoms with Gasteiger partial charge in [-0.15, -0.1) is 45.3 Å². The number of hydrogen-bond donors (Lipinski definition) is 1. The van der Waals surface area contributed by atoms with Gasteiger partial charge >= 0.3 is 0 Å². The van der Waals surface area contributed by atoms with Gasteiger partial charge in [0.25, 0.3) is 11.8 Å². The van der Waals surface area contributed by atoms with E-state index in [1.54, 1.807) is 22.7 Å². The van der Waals surface area contributed by atoms with Gasteiger partial charge in [0.15, 0.2) is 0 Å². The molecule has 2 atom stereocenters. The molecular weight excluding hydrogens is 971 g/mol. The lowest BCUT2D eigenvalue weighted by atomic mass is 9.93. The summed E-state index contributed by atoms with van der Waals surface area (Å²) in [7, 11) is 0. The standard InChI is InChI=1S/C64H96N2O2S4.H3N/c1-7-11-15-19-23-25-29-33-37-51(35-31-27-21-17-13-9-3)47-65-61(57-42-40-50(6)70-57)59-60(64(65)68)62(58-46-45-56(72-58)55-44-43-54(71-55)53-41-39-49(5)69-53)66(63(59)67)48-52(36-32-28-22-18-14-10-4)38-34-30-26-24-20-16-12-8-2;/h39-46,51-52H,7-38,47-48H2,1-6H3;1H3. The summed E-state index contributed by atoms with van der Waals surface area (Å²) in [5.74, 6) is 0.916. The molecule has 0 radical (unpaired) electrons. The van der Waals surface area contributed by atoms with Crippen LogP contribution in [0.3, 0.4) is 0 Å². The van der Waals surface area contributed by atoms with Crippen molar-refractivity contribution in [3.05, 3.63) is 79.2 Å². The van der Waals surface area contributed by atoms with Crippen molar-refractivity contribution in [1.82, 2.24) is 16.0 Å². The average molecular weight is 1070 g/mol. The lowest BCUT2D eigenvalue weighted by molar-refractivity contribution is -0.124. The van der Waals surface area contributed by atoms with Crippen molar-refractivity contribution in [2.75, 3.05) is 13.1 Å². The maximum atomic E-state index is 15.8. The van der Waals surface area contributed by atoms with Crippen LogP contribution in [-0.4, -0.2) is 34.7 Å². The van der Waals surface area contributed by atoms with Crippen LogP contribution < -0.4 is 6.15 Å². The number of carbonyl (C=O) groups is 2. The number of unbranched alkanes of at least 4 members (excludes halogenated alkanes) is 24. The summed E-state index contributed by atoms with van der Waals surface area (Å²) >= 11 is 7.22. The van der Waals surface area contributed by atoms with Gasteiger partial charge in [-0.05, 0) is 99.9 Å². The molecule has 2 unspecified atom stereocenters. The van der Waals surface area contributed by atoms with Gasteiger partial charge < -0.3 is 16.0 Å². The number of nitrogens with zero attached hydrogens (tertiary/aromatic N) is 2. The Kier molecular flexibility index (Phi) is 28.5. The molecule has 0 saturated heterocycles. The Bertz CT molecular complexity index is 2250. The fourth-order valence-electron chi connectivity index (χ4n) is 11.3. The average Bonchev–Trinajstić information content (AvgIpc) is 4.26. The molecule has 406 valence electrons. The molecule has 2 amide bonds. The quantitative estimate of drug-likeness (QED) is 0.0451. The number of aryl methyl sites for hydroxylation is 2. The van der Waals surface area contributed by atoms with Crippen LogP contribution in [0.15, 0.2) is 59.7 Å². The number of fused-ring (bicyclic) bond motifs is 1. The highest BCUT2D eigenvalue weighted by atomic mass is 32.1. The summed E-state index contributed by atoms with van der Waals surface area (Å²) in [6.45, 7) is 14.9. The smallest absolute Gasteiger partial charge is 0.261 e. The van der Waals surface area contributed by atoms with E-state index in [-0.39, 0.29) is 18.0 Å². The van der Waals surface area contributed by atoms with E-state index in [2.05, 4.69) is 99.9 Å². The molecule has 3 N–H and O–H groups in total. The summed E-state index contributed by atoms with van der Waals surface area (Å²) in [5, 5.41) is 0. The number of amides is 2. The largest absolute Gasteiger partial charge is 0.344 e. The van der Waals surface area contributed by atoms with E-state index < -0.39 is 0 Å². The minimum absolute atomic E-state index is 0. The highest BCUT2D eigenvalue weighted by Crippen LogP contribution is 2.51. The molecule has 4 aromatic heterocycles. The molecule has 0 saturated carbocycles. The Labute approximate surface area is 461 Å². The second-order valence-corrected chi connectivity index (χ2v) is 26.5. The topological polar surface area (TPSA) is 75.6 Å². The highest BCUT2D eigenvalue weighted by Gasteiger charge is 2.50. The van der Waals surface area contributed by atoms with Crippen LogP contribution in [0.2, 0.25) is 0 Å². The molecule has 0 fully saturated rings. The number of rotatable bonds is 40. The van der Waals surface area contributed by atoms with Gasteiger partial charge in [-0.25, -0.2) is 0 Å². The van der Waals surface area contributed by atoms with Crippen molar-refractivity contribution >= 4 is 68.6 Å². The first-order valence-electron chi connectivity index (χ1n) is 29.7. The third-order valence-corrected chi connectivity index (χ3v) is 20.1. The van der Waals surface area contributed by atoms with Gasteiger partial charge in [0.2, 0.25) is 0 Å². The van der Waals surface area contributed by atoms with E-state index in [9.17, 15) is 0 Å². The Balaban J connectivity index is 0.00000988. The van der Waals surface area contributed by atoms with E-state index in [1.165, 1.54) is 209 Å². The summed E-state index contributed by atoms with van der Waals surface area (Å²) in [6, 6.07) is 17.8. The number of hydrogen-bond acceptors (Lipinski definition) is 7. The van der Waals surface area contributed by atoms with Crippen LogP contribution in [0.5, 0.6) is 0 Å². The van der Waals surface area contributed by atoms with Crippen LogP contribution in [0.1, 0.15) is 253 Å². The molecule has 0 aliphatic carbocycles. The molecule has 0 aromatic carbocycles. The molecule has 73 heavy (non-hydrogen) atoms. The van der Waals surface area contributed by atoms with Gasteiger partial charge in [-0.2, -0.15) is 0 Å². The van der Waals surface area contributed by atoms with Crippen molar-refractivity contribution in [2.24, 2.45) is 11.8 Å². The van der Waals surface area contributed by atoms with E-state index in [0.29, 0.717) is 36.1 Å². The molecule has 9 heteroatoms. The summed E-state index contributed by atoms with van der Waals surface area (Å²) in [6.07, 6.45) is 40.9. The molecule has 2 aliphatic heterocycles. The highest BCUT2D eigenvalue weighted by molar-refractivity contribution is 7.26. The summed E-state index contributed by atoms with van der Waals surface area (Å²) in [4.78, 5) is 45.5. The Hall–Kier alpha value is -2.82. The Morgan fingerprint density at radius 1 is 0.342 bits per heavy atom. The SMILES string of the molecule is CCCCCCCCCCC(CCCCCCCC)CN1C(=O)C2=C(c3ccc(-c4ccc(-c5ccc(C)s5)s4)s3)N(CC(CCCCCCCC)CCCCCCCCCC)C(=O)C2=C1c1ccc(C)s1.N. The molecular formula is C64H99N3O2S4. The number of carbonyl (C=O) groups excluding carboxylic acids is 2. The lowest BCUT2D eigenvalue weighted by Gasteiger charge is -2.29. The maximum Gasteiger partial charge on any atom is 0.261 e. The van der Waals surface area contributed by atoms with Crippen molar-refractivity contribution in [2.45, 2.75) is 247 Å². The minimum Gasteiger partial charge on any atom is -0.344 e. The molecule has 6 rings (SSSR count). The second kappa shape index (κ2) is 34.1. The molecule has 5 nitrogen and oxygen atoms in total. The Morgan fingerprint density at radius 2 is 0.589 bits per heavy atom. The Morgan fingerprint density at radius 3 is 0.904 bits per heavy atom. The predicted molar refractivity (Wildman–Crippen MR) is 324 cm³/mol. The van der Waals surface area contributed by atoms with E-state index in [4.69, 9.17) is 0 Å². The van der Waals surface area contributed by atoms with Crippen molar-refractivity contribution in [1.29, 1.82) is 0 Å². The van der Waals surface area contributed by atoms with Gasteiger partial charge in [0, 0.05) is 42.4 Å². The third-order valence-electron chi connectivity index (χ3n) is 15.6. The third kappa shape index (κ3) is 18.7. The monoisotopic (exact) mass is 1070 g/mol. The van der Waals surface area contributed by atoms with Crippen LogP contribution in [0.25, 0.3) is 30.9 Å². The van der Waals surface area contributed by atoms with Gasteiger partial charge in [-0.1, -0.05) is 207 Å². The fraction of sp³-hybridized carbons (Fsp3) is 0.656. The van der Waals surface area contributed by atoms with Crippen LogP contribution >= 0.6 is 45.3 Å². The normalized spacial score (nSPS) is 14.6. The maximum absolute atomic E-state index is 15.8. The molecule has 0 bridgehead atoms. The van der Waals surface area contributed by atoms with Crippen molar-refractivity contribution in [3.63, 3.8) is 0 Å². The van der Waals surface area contributed by atoms with Gasteiger partial charge in [0.1, 0.15) is 0 Å².